The third-order valence-corrected chi connectivity index (χ3v) is 5.45. The molecule has 1 fully saturated rings. The molecular weight excluding hydrogens is 264 g/mol. The summed E-state index contributed by atoms with van der Waals surface area (Å²) in [4.78, 5) is 4.34. The summed E-state index contributed by atoms with van der Waals surface area (Å²) in [5, 5.41) is 3.74. The second-order valence-electron chi connectivity index (χ2n) is 6.39. The summed E-state index contributed by atoms with van der Waals surface area (Å²) >= 11 is 1.72. The standard InChI is InChI=1S/C17H24N2S/c1-12(2)13-4-3-5-14(7-6-13)19-15-8-9-16-17(10-15)20-11-18-16/h8-14,19H,3-7H2,1-2H3. The van der Waals surface area contributed by atoms with Gasteiger partial charge in [0.25, 0.3) is 0 Å². The number of hydrogen-bond acceptors (Lipinski definition) is 3. The summed E-state index contributed by atoms with van der Waals surface area (Å²) in [5.74, 6) is 1.76. The molecule has 0 amide bonds. The van der Waals surface area contributed by atoms with Crippen molar-refractivity contribution in [3.05, 3.63) is 23.7 Å². The van der Waals surface area contributed by atoms with Gasteiger partial charge in [-0.15, -0.1) is 11.3 Å². The van der Waals surface area contributed by atoms with Gasteiger partial charge in [0, 0.05) is 11.7 Å². The molecule has 108 valence electrons. The average Bonchev–Trinajstić information content (AvgIpc) is 2.76. The first kappa shape index (κ1) is 13.9. The second kappa shape index (κ2) is 6.13. The van der Waals surface area contributed by atoms with Gasteiger partial charge in [-0.05, 0) is 49.3 Å². The molecular formula is C17H24N2S. The number of aromatic nitrogens is 1. The van der Waals surface area contributed by atoms with Gasteiger partial charge in [0.15, 0.2) is 0 Å². The Kier molecular flexibility index (Phi) is 4.25. The summed E-state index contributed by atoms with van der Waals surface area (Å²) in [7, 11) is 0. The Bertz CT molecular complexity index is 561. The van der Waals surface area contributed by atoms with Crippen molar-refractivity contribution in [3.8, 4) is 0 Å². The van der Waals surface area contributed by atoms with Crippen molar-refractivity contribution in [2.45, 2.75) is 52.0 Å². The molecule has 1 saturated carbocycles. The quantitative estimate of drug-likeness (QED) is 0.774. The first-order valence-electron chi connectivity index (χ1n) is 7.82. The van der Waals surface area contributed by atoms with Crippen LogP contribution in [0.15, 0.2) is 23.7 Å². The van der Waals surface area contributed by atoms with Crippen molar-refractivity contribution in [1.82, 2.24) is 4.98 Å². The van der Waals surface area contributed by atoms with Crippen LogP contribution >= 0.6 is 11.3 Å². The van der Waals surface area contributed by atoms with Crippen LogP contribution in [0.1, 0.15) is 46.0 Å². The van der Waals surface area contributed by atoms with Crippen LogP contribution < -0.4 is 5.32 Å². The fourth-order valence-corrected chi connectivity index (χ4v) is 4.04. The fourth-order valence-electron chi connectivity index (χ4n) is 3.32. The highest BCUT2D eigenvalue weighted by atomic mass is 32.1. The summed E-state index contributed by atoms with van der Waals surface area (Å²) in [5.41, 5.74) is 4.30. The summed E-state index contributed by atoms with van der Waals surface area (Å²) in [6.07, 6.45) is 6.76. The number of benzene rings is 1. The maximum absolute atomic E-state index is 4.34. The molecule has 1 aromatic heterocycles. The van der Waals surface area contributed by atoms with Crippen molar-refractivity contribution in [3.63, 3.8) is 0 Å². The molecule has 0 spiro atoms. The van der Waals surface area contributed by atoms with Crippen LogP contribution in [0, 0.1) is 11.8 Å². The lowest BCUT2D eigenvalue weighted by Crippen LogP contribution is -2.18. The largest absolute Gasteiger partial charge is 0.382 e. The highest BCUT2D eigenvalue weighted by molar-refractivity contribution is 7.16. The molecule has 0 bridgehead atoms. The number of nitrogens with one attached hydrogen (secondary N) is 1. The van der Waals surface area contributed by atoms with Gasteiger partial charge in [0.1, 0.15) is 0 Å². The Morgan fingerprint density at radius 1 is 1.20 bits per heavy atom. The summed E-state index contributed by atoms with van der Waals surface area (Å²) < 4.78 is 1.28. The highest BCUT2D eigenvalue weighted by Gasteiger charge is 2.20. The minimum atomic E-state index is 0.643. The minimum absolute atomic E-state index is 0.643. The van der Waals surface area contributed by atoms with Crippen LogP contribution in [0.5, 0.6) is 0 Å². The van der Waals surface area contributed by atoms with Gasteiger partial charge in [-0.25, -0.2) is 4.98 Å². The number of anilines is 1. The number of fused-ring (bicyclic) bond motifs is 1. The van der Waals surface area contributed by atoms with Crippen molar-refractivity contribution < 1.29 is 0 Å². The zero-order chi connectivity index (χ0) is 13.9. The molecule has 0 aliphatic heterocycles. The lowest BCUT2D eigenvalue weighted by Gasteiger charge is -2.19. The smallest absolute Gasteiger partial charge is 0.0813 e. The van der Waals surface area contributed by atoms with E-state index >= 15 is 0 Å². The number of nitrogens with zero attached hydrogens (tertiary/aromatic N) is 1. The topological polar surface area (TPSA) is 24.9 Å². The maximum atomic E-state index is 4.34. The first-order valence-corrected chi connectivity index (χ1v) is 8.70. The molecule has 2 unspecified atom stereocenters. The lowest BCUT2D eigenvalue weighted by molar-refractivity contribution is 0.341. The van der Waals surface area contributed by atoms with Gasteiger partial charge >= 0.3 is 0 Å². The predicted octanol–water partition coefficient (Wildman–Crippen LogP) is 5.31. The van der Waals surface area contributed by atoms with E-state index in [1.54, 1.807) is 11.3 Å². The van der Waals surface area contributed by atoms with Crippen molar-refractivity contribution in [1.29, 1.82) is 0 Å². The zero-order valence-corrected chi connectivity index (χ0v) is 13.2. The SMILES string of the molecule is CC(C)C1CCCC(Nc2ccc3ncsc3c2)CC1. The van der Waals surface area contributed by atoms with Crippen LogP contribution in [0.25, 0.3) is 10.2 Å². The molecule has 2 aromatic rings. The van der Waals surface area contributed by atoms with Crippen LogP contribution in [-0.4, -0.2) is 11.0 Å². The van der Waals surface area contributed by atoms with E-state index in [4.69, 9.17) is 0 Å². The van der Waals surface area contributed by atoms with Crippen LogP contribution in [-0.2, 0) is 0 Å². The van der Waals surface area contributed by atoms with Crippen LogP contribution in [0.4, 0.5) is 5.69 Å². The lowest BCUT2D eigenvalue weighted by atomic mass is 9.89. The fraction of sp³-hybridized carbons (Fsp3) is 0.588. The molecule has 1 N–H and O–H groups in total. The van der Waals surface area contributed by atoms with Crippen molar-refractivity contribution in [2.75, 3.05) is 5.32 Å². The van der Waals surface area contributed by atoms with Crippen molar-refractivity contribution in [2.24, 2.45) is 11.8 Å². The summed E-state index contributed by atoms with van der Waals surface area (Å²) in [6, 6.07) is 7.19. The molecule has 2 atom stereocenters. The second-order valence-corrected chi connectivity index (χ2v) is 7.27. The van der Waals surface area contributed by atoms with Gasteiger partial charge in [-0.3, -0.25) is 0 Å². The number of rotatable bonds is 3. The minimum Gasteiger partial charge on any atom is -0.382 e. The normalized spacial score (nSPS) is 23.9. The predicted molar refractivity (Wildman–Crippen MR) is 88.4 cm³/mol. The van der Waals surface area contributed by atoms with Gasteiger partial charge in [0.05, 0.1) is 15.7 Å². The van der Waals surface area contributed by atoms with E-state index in [9.17, 15) is 0 Å². The molecule has 0 radical (unpaired) electrons. The first-order chi connectivity index (χ1) is 9.72. The van der Waals surface area contributed by atoms with Gasteiger partial charge < -0.3 is 5.32 Å². The molecule has 1 aliphatic carbocycles. The Hall–Kier alpha value is -1.09. The molecule has 0 saturated heterocycles. The molecule has 3 heteroatoms. The molecule has 2 nitrogen and oxygen atoms in total. The average molecular weight is 288 g/mol. The Labute approximate surface area is 125 Å². The highest BCUT2D eigenvalue weighted by Crippen LogP contribution is 2.30. The Balaban J connectivity index is 1.65. The maximum Gasteiger partial charge on any atom is 0.0813 e. The Morgan fingerprint density at radius 3 is 2.95 bits per heavy atom. The number of hydrogen-bond donors (Lipinski definition) is 1. The van der Waals surface area contributed by atoms with E-state index in [2.05, 4.69) is 42.3 Å². The van der Waals surface area contributed by atoms with E-state index in [1.165, 1.54) is 42.5 Å². The molecule has 1 aromatic carbocycles. The van der Waals surface area contributed by atoms with E-state index in [0.717, 1.165) is 17.4 Å². The van der Waals surface area contributed by atoms with Gasteiger partial charge in [0.2, 0.25) is 0 Å². The molecule has 1 aliphatic rings. The van der Waals surface area contributed by atoms with Gasteiger partial charge in [-0.2, -0.15) is 0 Å². The van der Waals surface area contributed by atoms with E-state index in [-0.39, 0.29) is 0 Å². The van der Waals surface area contributed by atoms with Gasteiger partial charge in [-0.1, -0.05) is 26.7 Å². The van der Waals surface area contributed by atoms with Crippen LogP contribution in [0.3, 0.4) is 0 Å². The van der Waals surface area contributed by atoms with E-state index in [1.807, 2.05) is 5.51 Å². The summed E-state index contributed by atoms with van der Waals surface area (Å²) in [6.45, 7) is 4.74. The Morgan fingerprint density at radius 2 is 2.10 bits per heavy atom. The molecule has 20 heavy (non-hydrogen) atoms. The molecule has 1 heterocycles. The van der Waals surface area contributed by atoms with E-state index < -0.39 is 0 Å². The monoisotopic (exact) mass is 288 g/mol. The molecule has 3 rings (SSSR count). The number of thiazole rings is 1. The van der Waals surface area contributed by atoms with E-state index in [0.29, 0.717) is 6.04 Å². The zero-order valence-electron chi connectivity index (χ0n) is 12.4. The van der Waals surface area contributed by atoms with Crippen molar-refractivity contribution >= 4 is 27.2 Å². The third kappa shape index (κ3) is 3.14. The van der Waals surface area contributed by atoms with Crippen LogP contribution in [0.2, 0.25) is 0 Å². The third-order valence-electron chi connectivity index (χ3n) is 4.66.